The lowest BCUT2D eigenvalue weighted by atomic mass is 10.1. The number of hydrogen-bond donors (Lipinski definition) is 2. The summed E-state index contributed by atoms with van der Waals surface area (Å²) in [7, 11) is 0. The van der Waals surface area contributed by atoms with Crippen LogP contribution in [0.4, 0.5) is 5.69 Å². The lowest BCUT2D eigenvalue weighted by Crippen LogP contribution is -2.21. The molecule has 0 saturated carbocycles. The highest BCUT2D eigenvalue weighted by Crippen LogP contribution is 2.24. The van der Waals surface area contributed by atoms with Crippen molar-refractivity contribution in [1.82, 2.24) is 5.32 Å². The van der Waals surface area contributed by atoms with Crippen molar-refractivity contribution in [3.05, 3.63) is 63.6 Å². The minimum atomic E-state index is -0.0596. The molecule has 2 N–H and O–H groups in total. The van der Waals surface area contributed by atoms with Gasteiger partial charge in [-0.2, -0.15) is 0 Å². The predicted octanol–water partition coefficient (Wildman–Crippen LogP) is 4.42. The van der Waals surface area contributed by atoms with Gasteiger partial charge in [0.15, 0.2) is 0 Å². The molecule has 0 aliphatic rings. The maximum Gasteiger partial charge on any atom is 0.225 e. The molecular formula is C17H18Cl2N2O. The Morgan fingerprint density at radius 2 is 1.86 bits per heavy atom. The first-order valence-electron chi connectivity index (χ1n) is 7.06. The summed E-state index contributed by atoms with van der Waals surface area (Å²) in [5, 5.41) is 6.97. The first kappa shape index (κ1) is 16.8. The maximum atomic E-state index is 11.9. The van der Waals surface area contributed by atoms with Crippen LogP contribution in [0.3, 0.4) is 0 Å². The number of nitrogens with one attached hydrogen (secondary N) is 2. The highest BCUT2D eigenvalue weighted by atomic mass is 35.5. The van der Waals surface area contributed by atoms with Crippen LogP contribution in [0.25, 0.3) is 0 Å². The molecule has 116 valence electrons. The van der Waals surface area contributed by atoms with Crippen molar-refractivity contribution in [3.8, 4) is 0 Å². The zero-order chi connectivity index (χ0) is 15.9. The van der Waals surface area contributed by atoms with Crippen LogP contribution in [-0.2, 0) is 11.3 Å². The van der Waals surface area contributed by atoms with Gasteiger partial charge in [0.1, 0.15) is 0 Å². The van der Waals surface area contributed by atoms with Crippen molar-refractivity contribution < 1.29 is 4.79 Å². The third kappa shape index (κ3) is 5.02. The van der Waals surface area contributed by atoms with E-state index in [0.717, 1.165) is 6.54 Å². The normalized spacial score (nSPS) is 10.5. The van der Waals surface area contributed by atoms with Gasteiger partial charge in [-0.25, -0.2) is 0 Å². The number of carbonyl (C=O) groups excluding carboxylic acids is 1. The molecule has 2 rings (SSSR count). The lowest BCUT2D eigenvalue weighted by molar-refractivity contribution is -0.116. The van der Waals surface area contributed by atoms with Gasteiger partial charge < -0.3 is 10.6 Å². The molecule has 22 heavy (non-hydrogen) atoms. The second kappa shape index (κ2) is 8.18. The second-order valence-corrected chi connectivity index (χ2v) is 5.84. The van der Waals surface area contributed by atoms with E-state index in [4.69, 9.17) is 23.2 Å². The highest BCUT2D eigenvalue weighted by molar-refractivity contribution is 6.42. The van der Waals surface area contributed by atoms with Crippen LogP contribution in [0.1, 0.15) is 17.5 Å². The largest absolute Gasteiger partial charge is 0.326 e. The van der Waals surface area contributed by atoms with E-state index in [-0.39, 0.29) is 5.91 Å². The summed E-state index contributed by atoms with van der Waals surface area (Å²) < 4.78 is 0. The van der Waals surface area contributed by atoms with E-state index >= 15 is 0 Å². The van der Waals surface area contributed by atoms with Crippen LogP contribution in [-0.4, -0.2) is 12.5 Å². The van der Waals surface area contributed by atoms with Crippen LogP contribution in [0, 0.1) is 6.92 Å². The molecule has 0 aliphatic carbocycles. The number of rotatable bonds is 6. The van der Waals surface area contributed by atoms with E-state index in [9.17, 15) is 4.79 Å². The number of benzene rings is 2. The number of hydrogen-bond acceptors (Lipinski definition) is 2. The molecule has 0 spiro atoms. The topological polar surface area (TPSA) is 41.1 Å². The molecule has 0 unspecified atom stereocenters. The summed E-state index contributed by atoms with van der Waals surface area (Å²) >= 11 is 11.7. The smallest absolute Gasteiger partial charge is 0.225 e. The maximum absolute atomic E-state index is 11.9. The molecule has 0 aromatic heterocycles. The zero-order valence-corrected chi connectivity index (χ0v) is 13.8. The van der Waals surface area contributed by atoms with Gasteiger partial charge in [0, 0.05) is 25.2 Å². The second-order valence-electron chi connectivity index (χ2n) is 5.03. The van der Waals surface area contributed by atoms with Crippen LogP contribution >= 0.6 is 23.2 Å². The van der Waals surface area contributed by atoms with Gasteiger partial charge in [-0.05, 0) is 36.2 Å². The Balaban J connectivity index is 1.74. The average molecular weight is 337 g/mol. The van der Waals surface area contributed by atoms with Gasteiger partial charge in [-0.3, -0.25) is 4.79 Å². The molecule has 3 nitrogen and oxygen atoms in total. The molecule has 0 radical (unpaired) electrons. The fourth-order valence-electron chi connectivity index (χ4n) is 2.03. The first-order valence-corrected chi connectivity index (χ1v) is 7.82. The van der Waals surface area contributed by atoms with Crippen molar-refractivity contribution in [2.24, 2.45) is 0 Å². The van der Waals surface area contributed by atoms with E-state index in [2.05, 4.69) is 29.7 Å². The van der Waals surface area contributed by atoms with Gasteiger partial charge >= 0.3 is 0 Å². The monoisotopic (exact) mass is 336 g/mol. The Kier molecular flexibility index (Phi) is 6.25. The standard InChI is InChI=1S/C17H18Cl2N2O/c1-12-4-2-3-5-13(12)11-20-9-8-17(22)21-14-6-7-15(18)16(19)10-14/h2-7,10,20H,8-9,11H2,1H3,(H,21,22). The molecule has 0 aliphatic heterocycles. The van der Waals surface area contributed by atoms with Crippen molar-refractivity contribution in [3.63, 3.8) is 0 Å². The Bertz CT molecular complexity index is 659. The number of amides is 1. The van der Waals surface area contributed by atoms with Gasteiger partial charge in [0.25, 0.3) is 0 Å². The Hall–Kier alpha value is -1.55. The van der Waals surface area contributed by atoms with Crippen molar-refractivity contribution in [1.29, 1.82) is 0 Å². The molecule has 2 aromatic rings. The minimum absolute atomic E-state index is 0.0596. The van der Waals surface area contributed by atoms with Gasteiger partial charge in [-0.15, -0.1) is 0 Å². The van der Waals surface area contributed by atoms with Crippen LogP contribution in [0.15, 0.2) is 42.5 Å². The molecule has 0 bridgehead atoms. The van der Waals surface area contributed by atoms with Crippen molar-refractivity contribution in [2.75, 3.05) is 11.9 Å². The summed E-state index contributed by atoms with van der Waals surface area (Å²) in [6, 6.07) is 13.2. The number of halogens is 2. The van der Waals surface area contributed by atoms with E-state index in [0.29, 0.717) is 28.7 Å². The molecule has 0 saturated heterocycles. The minimum Gasteiger partial charge on any atom is -0.326 e. The third-order valence-corrected chi connectivity index (χ3v) is 4.05. The van der Waals surface area contributed by atoms with Gasteiger partial charge in [0.2, 0.25) is 5.91 Å². The van der Waals surface area contributed by atoms with Crippen molar-refractivity contribution >= 4 is 34.8 Å². The number of aryl methyl sites for hydroxylation is 1. The summed E-state index contributed by atoms with van der Waals surface area (Å²) in [4.78, 5) is 11.9. The average Bonchev–Trinajstić information content (AvgIpc) is 2.49. The SMILES string of the molecule is Cc1ccccc1CNCCC(=O)Nc1ccc(Cl)c(Cl)c1. The zero-order valence-electron chi connectivity index (χ0n) is 12.3. The molecule has 0 atom stereocenters. The quantitative estimate of drug-likeness (QED) is 0.766. The molecular weight excluding hydrogens is 319 g/mol. The fraction of sp³-hybridized carbons (Fsp3) is 0.235. The molecule has 5 heteroatoms. The van der Waals surface area contributed by atoms with Crippen LogP contribution in [0.2, 0.25) is 10.0 Å². The van der Waals surface area contributed by atoms with E-state index < -0.39 is 0 Å². The Morgan fingerprint density at radius 1 is 1.09 bits per heavy atom. The van der Waals surface area contributed by atoms with E-state index in [1.807, 2.05) is 12.1 Å². The summed E-state index contributed by atoms with van der Waals surface area (Å²) in [6.07, 6.45) is 0.395. The Morgan fingerprint density at radius 3 is 2.59 bits per heavy atom. The van der Waals surface area contributed by atoms with Gasteiger partial charge in [0.05, 0.1) is 10.0 Å². The van der Waals surface area contributed by atoms with Crippen LogP contribution < -0.4 is 10.6 Å². The number of carbonyl (C=O) groups is 1. The summed E-state index contributed by atoms with van der Waals surface area (Å²) in [5.41, 5.74) is 3.14. The highest BCUT2D eigenvalue weighted by Gasteiger charge is 2.04. The van der Waals surface area contributed by atoms with Crippen molar-refractivity contribution in [2.45, 2.75) is 19.9 Å². The molecule has 0 heterocycles. The summed E-state index contributed by atoms with van der Waals surface area (Å²) in [6.45, 7) is 3.45. The molecule has 2 aromatic carbocycles. The summed E-state index contributed by atoms with van der Waals surface area (Å²) in [5.74, 6) is -0.0596. The fourth-order valence-corrected chi connectivity index (χ4v) is 2.33. The van der Waals surface area contributed by atoms with Gasteiger partial charge in [-0.1, -0.05) is 47.5 Å². The first-order chi connectivity index (χ1) is 10.6. The predicted molar refractivity (Wildman–Crippen MR) is 92.6 cm³/mol. The molecule has 0 fully saturated rings. The number of anilines is 1. The third-order valence-electron chi connectivity index (χ3n) is 3.31. The van der Waals surface area contributed by atoms with E-state index in [1.165, 1.54) is 11.1 Å². The van der Waals surface area contributed by atoms with E-state index in [1.54, 1.807) is 18.2 Å². The Labute approximate surface area is 140 Å². The van der Waals surface area contributed by atoms with Crippen LogP contribution in [0.5, 0.6) is 0 Å². The lowest BCUT2D eigenvalue weighted by Gasteiger charge is -2.09. The molecule has 1 amide bonds.